The van der Waals surface area contributed by atoms with E-state index in [9.17, 15) is 9.59 Å². The summed E-state index contributed by atoms with van der Waals surface area (Å²) in [5.74, 6) is -0.0978. The fourth-order valence-corrected chi connectivity index (χ4v) is 5.63. The molecule has 2 amide bonds. The maximum Gasteiger partial charge on any atom is 0.249 e. The molecule has 1 saturated heterocycles. The van der Waals surface area contributed by atoms with Crippen LogP contribution in [0.4, 0.5) is 5.69 Å². The smallest absolute Gasteiger partial charge is 0.249 e. The minimum absolute atomic E-state index is 0.0223. The van der Waals surface area contributed by atoms with Crippen LogP contribution in [0.2, 0.25) is 0 Å². The van der Waals surface area contributed by atoms with E-state index in [2.05, 4.69) is 15.6 Å². The number of ether oxygens (including phenoxy) is 2. The van der Waals surface area contributed by atoms with Crippen molar-refractivity contribution in [1.29, 1.82) is 0 Å². The van der Waals surface area contributed by atoms with E-state index in [1.807, 2.05) is 54.8 Å². The Morgan fingerprint density at radius 2 is 2.03 bits per heavy atom. The second-order valence-corrected chi connectivity index (χ2v) is 9.87. The van der Waals surface area contributed by atoms with Gasteiger partial charge < -0.3 is 14.8 Å². The molecule has 0 unspecified atom stereocenters. The van der Waals surface area contributed by atoms with Crippen molar-refractivity contribution in [3.05, 3.63) is 70.4 Å². The third-order valence-corrected chi connectivity index (χ3v) is 7.57. The predicted molar refractivity (Wildman–Crippen MR) is 142 cm³/mol. The summed E-state index contributed by atoms with van der Waals surface area (Å²) in [6.45, 7) is 2.94. The number of carbonyl (C=O) groups is 2. The van der Waals surface area contributed by atoms with E-state index < -0.39 is 6.04 Å². The van der Waals surface area contributed by atoms with Gasteiger partial charge in [0.2, 0.25) is 11.8 Å². The molecule has 9 nitrogen and oxygen atoms in total. The fourth-order valence-electron chi connectivity index (χ4n) is 4.62. The topological polar surface area (TPSA) is 98.6 Å². The molecule has 0 spiro atoms. The number of anilines is 1. The summed E-state index contributed by atoms with van der Waals surface area (Å²) in [6.07, 6.45) is 1.86. The number of carbonyl (C=O) groups excluding carboxylic acids is 2. The number of hydrogen-bond acceptors (Lipinski definition) is 7. The highest BCUT2D eigenvalue weighted by atomic mass is 32.1. The number of benzene rings is 2. The van der Waals surface area contributed by atoms with Crippen LogP contribution in [0.25, 0.3) is 11.0 Å². The first kappa shape index (κ1) is 24.9. The number of nitrogens with one attached hydrogen (secondary N) is 1. The lowest BCUT2D eigenvalue weighted by Gasteiger charge is -2.32. The minimum Gasteiger partial charge on any atom is -0.495 e. The van der Waals surface area contributed by atoms with Gasteiger partial charge in [0.25, 0.3) is 0 Å². The van der Waals surface area contributed by atoms with Crippen LogP contribution in [-0.2, 0) is 20.9 Å². The van der Waals surface area contributed by atoms with Crippen molar-refractivity contribution in [2.75, 3.05) is 25.2 Å². The van der Waals surface area contributed by atoms with Crippen LogP contribution in [0.1, 0.15) is 29.3 Å². The van der Waals surface area contributed by atoms with Crippen molar-refractivity contribution in [2.24, 2.45) is 0 Å². The lowest BCUT2D eigenvalue weighted by Crippen LogP contribution is -2.46. The third kappa shape index (κ3) is 5.21. The average Bonchev–Trinajstić information content (AvgIpc) is 3.68. The van der Waals surface area contributed by atoms with E-state index in [4.69, 9.17) is 9.47 Å². The highest BCUT2D eigenvalue weighted by molar-refractivity contribution is 7.10. The van der Waals surface area contributed by atoms with Gasteiger partial charge in [-0.05, 0) is 61.0 Å². The molecule has 2 aromatic carbocycles. The second kappa shape index (κ2) is 11.1. The van der Waals surface area contributed by atoms with Crippen molar-refractivity contribution in [1.82, 2.24) is 20.3 Å². The van der Waals surface area contributed by atoms with Gasteiger partial charge in [-0.3, -0.25) is 14.5 Å². The van der Waals surface area contributed by atoms with Gasteiger partial charge in [0.05, 0.1) is 24.4 Å². The number of methoxy groups -OCH3 is 1. The molecule has 0 radical (unpaired) electrons. The number of amides is 2. The van der Waals surface area contributed by atoms with Crippen LogP contribution in [0.5, 0.6) is 5.75 Å². The Morgan fingerprint density at radius 3 is 2.78 bits per heavy atom. The van der Waals surface area contributed by atoms with Crippen molar-refractivity contribution in [2.45, 2.75) is 38.5 Å². The first-order valence-electron chi connectivity index (χ1n) is 12.2. The Balaban J connectivity index is 1.55. The maximum absolute atomic E-state index is 14.1. The first-order valence-corrected chi connectivity index (χ1v) is 13.1. The molecule has 2 aromatic heterocycles. The van der Waals surface area contributed by atoms with Crippen LogP contribution in [-0.4, -0.2) is 53.2 Å². The number of aryl methyl sites for hydroxylation is 1. The molecule has 10 heteroatoms. The van der Waals surface area contributed by atoms with E-state index >= 15 is 0 Å². The largest absolute Gasteiger partial charge is 0.495 e. The van der Waals surface area contributed by atoms with Gasteiger partial charge in [0.1, 0.15) is 17.8 Å². The minimum atomic E-state index is -0.903. The summed E-state index contributed by atoms with van der Waals surface area (Å²) in [7, 11) is 1.55. The Hall–Kier alpha value is -3.76. The van der Waals surface area contributed by atoms with Crippen molar-refractivity contribution < 1.29 is 19.1 Å². The molecule has 1 N–H and O–H groups in total. The van der Waals surface area contributed by atoms with Crippen LogP contribution in [0.3, 0.4) is 0 Å². The van der Waals surface area contributed by atoms with E-state index in [1.54, 1.807) is 23.9 Å². The normalized spacial score (nSPS) is 16.0. The van der Waals surface area contributed by atoms with Gasteiger partial charge >= 0.3 is 0 Å². The van der Waals surface area contributed by atoms with E-state index in [1.165, 1.54) is 16.2 Å². The first-order chi connectivity index (χ1) is 18.1. The Labute approximate surface area is 219 Å². The maximum atomic E-state index is 14.1. The molecule has 0 saturated carbocycles. The number of hydrogen-bond donors (Lipinski definition) is 1. The SMILES string of the molecule is COc1ccccc1N(C(=O)Cn1nnc2ccccc21)[C@H](C(=O)NC[C@H]1CCCO1)c1sccc1C. The lowest BCUT2D eigenvalue weighted by atomic mass is 10.1. The van der Waals surface area contributed by atoms with Gasteiger partial charge in [-0.2, -0.15) is 0 Å². The van der Waals surface area contributed by atoms with Crippen LogP contribution in [0, 0.1) is 6.92 Å². The molecule has 0 bridgehead atoms. The lowest BCUT2D eigenvalue weighted by molar-refractivity contribution is -0.127. The number of fused-ring (bicyclic) bond motifs is 1. The summed E-state index contributed by atoms with van der Waals surface area (Å²) in [5.41, 5.74) is 2.87. The molecule has 0 aliphatic carbocycles. The molecule has 2 atom stereocenters. The standard InChI is InChI=1S/C27H29N5O4S/c1-18-13-15-37-26(18)25(27(34)28-16-19-8-7-14-36-19)32(22-11-5-6-12-23(22)35-2)24(33)17-31-21-10-4-3-9-20(21)29-30-31/h3-6,9-13,15,19,25H,7-8,14,16-17H2,1-2H3,(H,28,34)/t19-,25+/m1/s1. The number of rotatable bonds is 9. The van der Waals surface area contributed by atoms with Crippen LogP contribution >= 0.6 is 11.3 Å². The molecular formula is C27H29N5O4S. The predicted octanol–water partition coefficient (Wildman–Crippen LogP) is 3.88. The van der Waals surface area contributed by atoms with Gasteiger partial charge in [-0.15, -0.1) is 16.4 Å². The van der Waals surface area contributed by atoms with Gasteiger partial charge in [-0.25, -0.2) is 4.68 Å². The van der Waals surface area contributed by atoms with Crippen molar-refractivity contribution >= 4 is 39.9 Å². The highest BCUT2D eigenvalue weighted by Crippen LogP contribution is 2.38. The van der Waals surface area contributed by atoms with E-state index in [-0.39, 0.29) is 24.5 Å². The van der Waals surface area contributed by atoms with E-state index in [0.29, 0.717) is 30.1 Å². The molecule has 3 heterocycles. The quantitative estimate of drug-likeness (QED) is 0.360. The molecule has 4 aromatic rings. The Bertz CT molecular complexity index is 1390. The van der Waals surface area contributed by atoms with Gasteiger partial charge in [-0.1, -0.05) is 29.5 Å². The molecule has 1 aliphatic heterocycles. The second-order valence-electron chi connectivity index (χ2n) is 8.92. The molecule has 192 valence electrons. The monoisotopic (exact) mass is 519 g/mol. The molecule has 1 aliphatic rings. The number of para-hydroxylation sites is 3. The zero-order valence-electron chi connectivity index (χ0n) is 20.8. The van der Waals surface area contributed by atoms with E-state index in [0.717, 1.165) is 28.8 Å². The Morgan fingerprint density at radius 1 is 1.22 bits per heavy atom. The van der Waals surface area contributed by atoms with Crippen LogP contribution < -0.4 is 15.0 Å². The van der Waals surface area contributed by atoms with Gasteiger partial charge in [0, 0.05) is 18.0 Å². The number of nitrogens with zero attached hydrogens (tertiary/aromatic N) is 4. The molecular weight excluding hydrogens is 490 g/mol. The highest BCUT2D eigenvalue weighted by Gasteiger charge is 2.36. The van der Waals surface area contributed by atoms with Crippen molar-refractivity contribution in [3.63, 3.8) is 0 Å². The number of thiophene rings is 1. The molecule has 1 fully saturated rings. The third-order valence-electron chi connectivity index (χ3n) is 6.50. The molecule has 37 heavy (non-hydrogen) atoms. The zero-order valence-corrected chi connectivity index (χ0v) is 21.6. The number of aromatic nitrogens is 3. The summed E-state index contributed by atoms with van der Waals surface area (Å²) in [5, 5.41) is 13.4. The van der Waals surface area contributed by atoms with Crippen LogP contribution in [0.15, 0.2) is 60.0 Å². The Kier molecular flexibility index (Phi) is 7.47. The van der Waals surface area contributed by atoms with Crippen molar-refractivity contribution in [3.8, 4) is 5.75 Å². The summed E-state index contributed by atoms with van der Waals surface area (Å²) >= 11 is 1.45. The summed E-state index contributed by atoms with van der Waals surface area (Å²) < 4.78 is 12.9. The zero-order chi connectivity index (χ0) is 25.8. The fraction of sp³-hybridized carbons (Fsp3) is 0.333. The summed E-state index contributed by atoms with van der Waals surface area (Å²) in [6, 6.07) is 15.7. The molecule has 5 rings (SSSR count). The average molecular weight is 520 g/mol. The summed E-state index contributed by atoms with van der Waals surface area (Å²) in [4.78, 5) is 30.3. The van der Waals surface area contributed by atoms with Gasteiger partial charge in [0.15, 0.2) is 6.04 Å².